The van der Waals surface area contributed by atoms with Crippen LogP contribution in [0.3, 0.4) is 0 Å². The summed E-state index contributed by atoms with van der Waals surface area (Å²) in [5.74, 6) is 2.68. The summed E-state index contributed by atoms with van der Waals surface area (Å²) < 4.78 is 5.02. The highest BCUT2D eigenvalue weighted by molar-refractivity contribution is 5.19. The van der Waals surface area contributed by atoms with Crippen molar-refractivity contribution in [2.45, 2.75) is 32.2 Å². The molecule has 18 heavy (non-hydrogen) atoms. The van der Waals surface area contributed by atoms with Crippen molar-refractivity contribution >= 4 is 0 Å². The molecule has 4 nitrogen and oxygen atoms in total. The first-order valence-corrected chi connectivity index (χ1v) is 6.94. The number of hydrogen-bond donors (Lipinski definition) is 1. The van der Waals surface area contributed by atoms with E-state index in [0.29, 0.717) is 12.1 Å². The van der Waals surface area contributed by atoms with E-state index in [1.165, 1.54) is 24.8 Å². The maximum atomic E-state index is 5.02. The van der Waals surface area contributed by atoms with E-state index < -0.39 is 0 Å². The molecule has 0 amide bonds. The zero-order valence-electron chi connectivity index (χ0n) is 11.1. The van der Waals surface area contributed by atoms with Crippen LogP contribution in [0.25, 0.3) is 0 Å². The summed E-state index contributed by atoms with van der Waals surface area (Å²) in [6.45, 7) is 3.15. The SMILES string of the molecule is CCNC(c1cnc(OC)nc1)C1C2CCCC21. The Hall–Kier alpha value is -1.16. The molecule has 0 saturated heterocycles. The maximum absolute atomic E-state index is 5.02. The number of nitrogens with zero attached hydrogens (tertiary/aromatic N) is 2. The Morgan fingerprint density at radius 3 is 2.56 bits per heavy atom. The monoisotopic (exact) mass is 247 g/mol. The van der Waals surface area contributed by atoms with Crippen molar-refractivity contribution in [3.63, 3.8) is 0 Å². The number of rotatable bonds is 5. The van der Waals surface area contributed by atoms with Gasteiger partial charge < -0.3 is 10.1 Å². The Morgan fingerprint density at radius 2 is 2.00 bits per heavy atom. The summed E-state index contributed by atoms with van der Waals surface area (Å²) in [6.07, 6.45) is 8.06. The molecule has 2 aliphatic rings. The molecule has 0 aliphatic heterocycles. The molecule has 0 aromatic carbocycles. The third-order valence-electron chi connectivity index (χ3n) is 4.47. The largest absolute Gasteiger partial charge is 0.467 e. The van der Waals surface area contributed by atoms with E-state index >= 15 is 0 Å². The van der Waals surface area contributed by atoms with E-state index in [9.17, 15) is 0 Å². The van der Waals surface area contributed by atoms with Crippen LogP contribution < -0.4 is 10.1 Å². The summed E-state index contributed by atoms with van der Waals surface area (Å²) in [4.78, 5) is 8.46. The molecule has 98 valence electrons. The zero-order chi connectivity index (χ0) is 12.5. The fourth-order valence-corrected chi connectivity index (χ4v) is 3.66. The van der Waals surface area contributed by atoms with Crippen LogP contribution >= 0.6 is 0 Å². The summed E-state index contributed by atoms with van der Waals surface area (Å²) >= 11 is 0. The van der Waals surface area contributed by atoms with E-state index in [-0.39, 0.29) is 0 Å². The minimum atomic E-state index is 0.427. The van der Waals surface area contributed by atoms with Crippen molar-refractivity contribution in [3.05, 3.63) is 18.0 Å². The first-order chi connectivity index (χ1) is 8.85. The van der Waals surface area contributed by atoms with E-state index in [1.807, 2.05) is 12.4 Å². The van der Waals surface area contributed by atoms with E-state index in [1.54, 1.807) is 7.11 Å². The summed E-state index contributed by atoms with van der Waals surface area (Å²) in [5, 5.41) is 3.61. The van der Waals surface area contributed by atoms with E-state index in [0.717, 1.165) is 24.3 Å². The van der Waals surface area contributed by atoms with Gasteiger partial charge in [0, 0.05) is 24.0 Å². The van der Waals surface area contributed by atoms with Gasteiger partial charge in [-0.25, -0.2) is 9.97 Å². The van der Waals surface area contributed by atoms with Crippen molar-refractivity contribution in [2.75, 3.05) is 13.7 Å². The van der Waals surface area contributed by atoms with Gasteiger partial charge in [0.05, 0.1) is 7.11 Å². The lowest BCUT2D eigenvalue weighted by Crippen LogP contribution is -2.24. The van der Waals surface area contributed by atoms with Crippen LogP contribution in [0.4, 0.5) is 0 Å². The van der Waals surface area contributed by atoms with E-state index in [4.69, 9.17) is 4.74 Å². The van der Waals surface area contributed by atoms with E-state index in [2.05, 4.69) is 22.2 Å². The molecule has 1 heterocycles. The molecule has 0 spiro atoms. The number of nitrogens with one attached hydrogen (secondary N) is 1. The molecule has 1 aromatic rings. The highest BCUT2D eigenvalue weighted by Crippen LogP contribution is 2.62. The second-order valence-corrected chi connectivity index (χ2v) is 5.37. The molecule has 3 rings (SSSR count). The molecular weight excluding hydrogens is 226 g/mol. The second kappa shape index (κ2) is 4.84. The van der Waals surface area contributed by atoms with Gasteiger partial charge in [-0.2, -0.15) is 0 Å². The zero-order valence-corrected chi connectivity index (χ0v) is 11.1. The molecule has 4 heteroatoms. The molecule has 0 radical (unpaired) electrons. The summed E-state index contributed by atoms with van der Waals surface area (Å²) in [7, 11) is 1.60. The molecule has 1 aromatic heterocycles. The molecule has 2 saturated carbocycles. The van der Waals surface area contributed by atoms with Gasteiger partial charge >= 0.3 is 6.01 Å². The van der Waals surface area contributed by atoms with Crippen LogP contribution in [0.5, 0.6) is 6.01 Å². The minimum Gasteiger partial charge on any atom is -0.467 e. The number of hydrogen-bond acceptors (Lipinski definition) is 4. The highest BCUT2D eigenvalue weighted by atomic mass is 16.5. The third kappa shape index (κ3) is 1.99. The number of ether oxygens (including phenoxy) is 1. The van der Waals surface area contributed by atoms with Crippen molar-refractivity contribution in [2.24, 2.45) is 17.8 Å². The van der Waals surface area contributed by atoms with Crippen LogP contribution in [0.15, 0.2) is 12.4 Å². The fraction of sp³-hybridized carbons (Fsp3) is 0.714. The number of methoxy groups -OCH3 is 1. The first kappa shape index (κ1) is 11.9. The van der Waals surface area contributed by atoms with Gasteiger partial charge in [0.15, 0.2) is 0 Å². The fourth-order valence-electron chi connectivity index (χ4n) is 3.66. The van der Waals surface area contributed by atoms with Gasteiger partial charge in [-0.15, -0.1) is 0 Å². The van der Waals surface area contributed by atoms with Gasteiger partial charge in [0.1, 0.15) is 0 Å². The smallest absolute Gasteiger partial charge is 0.316 e. The lowest BCUT2D eigenvalue weighted by atomic mass is 9.99. The van der Waals surface area contributed by atoms with Crippen molar-refractivity contribution in [3.8, 4) is 6.01 Å². The Balaban J connectivity index is 1.76. The number of fused-ring (bicyclic) bond motifs is 1. The molecule has 0 bridgehead atoms. The van der Waals surface area contributed by atoms with Gasteiger partial charge in [-0.05, 0) is 37.1 Å². The standard InChI is InChI=1S/C14H21N3O/c1-3-15-13(12-10-5-4-6-11(10)12)9-7-16-14(18-2)17-8-9/h7-8,10-13,15H,3-6H2,1-2H3. The lowest BCUT2D eigenvalue weighted by molar-refractivity contribution is 0.375. The van der Waals surface area contributed by atoms with Gasteiger partial charge in [-0.3, -0.25) is 0 Å². The van der Waals surface area contributed by atoms with Gasteiger partial charge in [0.25, 0.3) is 0 Å². The topological polar surface area (TPSA) is 47.0 Å². The Labute approximate surface area is 108 Å². The predicted molar refractivity (Wildman–Crippen MR) is 69.3 cm³/mol. The lowest BCUT2D eigenvalue weighted by Gasteiger charge is -2.19. The minimum absolute atomic E-state index is 0.427. The van der Waals surface area contributed by atoms with Crippen LogP contribution in [-0.2, 0) is 0 Å². The van der Waals surface area contributed by atoms with Crippen LogP contribution in [-0.4, -0.2) is 23.6 Å². The molecule has 2 aliphatic carbocycles. The second-order valence-electron chi connectivity index (χ2n) is 5.37. The molecular formula is C14H21N3O. The average molecular weight is 247 g/mol. The molecule has 3 atom stereocenters. The Morgan fingerprint density at radius 1 is 1.33 bits per heavy atom. The Kier molecular flexibility index (Phi) is 3.20. The molecule has 1 N–H and O–H groups in total. The highest BCUT2D eigenvalue weighted by Gasteiger charge is 2.55. The predicted octanol–water partition coefficient (Wildman–Crippen LogP) is 2.18. The van der Waals surface area contributed by atoms with Crippen LogP contribution in [0.2, 0.25) is 0 Å². The summed E-state index contributed by atoms with van der Waals surface area (Å²) in [5.41, 5.74) is 1.21. The summed E-state index contributed by atoms with van der Waals surface area (Å²) in [6, 6.07) is 0.876. The molecule has 2 fully saturated rings. The van der Waals surface area contributed by atoms with Crippen molar-refractivity contribution in [1.29, 1.82) is 0 Å². The third-order valence-corrected chi connectivity index (χ3v) is 4.47. The normalized spacial score (nSPS) is 30.9. The quantitative estimate of drug-likeness (QED) is 0.866. The van der Waals surface area contributed by atoms with Crippen molar-refractivity contribution in [1.82, 2.24) is 15.3 Å². The van der Waals surface area contributed by atoms with Crippen molar-refractivity contribution < 1.29 is 4.74 Å². The first-order valence-electron chi connectivity index (χ1n) is 6.94. The number of aromatic nitrogens is 2. The Bertz CT molecular complexity index is 396. The average Bonchev–Trinajstić information content (AvgIpc) is 2.87. The van der Waals surface area contributed by atoms with Gasteiger partial charge in [0.2, 0.25) is 0 Å². The molecule has 3 unspecified atom stereocenters. The maximum Gasteiger partial charge on any atom is 0.316 e. The van der Waals surface area contributed by atoms with Crippen LogP contribution in [0, 0.1) is 17.8 Å². The van der Waals surface area contributed by atoms with Crippen LogP contribution in [0.1, 0.15) is 37.8 Å². The van der Waals surface area contributed by atoms with Gasteiger partial charge in [-0.1, -0.05) is 13.3 Å².